The number of rotatable bonds is 6. The zero-order valence-electron chi connectivity index (χ0n) is 9.67. The SMILES string of the molecule is CCOP(=O)(OCC)c1ccnc(OC)c1. The van der Waals surface area contributed by atoms with Crippen LogP contribution in [0.4, 0.5) is 0 Å². The molecule has 0 radical (unpaired) electrons. The third-order valence-corrected chi connectivity index (χ3v) is 3.95. The van der Waals surface area contributed by atoms with Gasteiger partial charge in [-0.05, 0) is 19.9 Å². The third kappa shape index (κ3) is 3.04. The molecule has 0 fully saturated rings. The highest BCUT2D eigenvalue weighted by atomic mass is 31.2. The summed E-state index contributed by atoms with van der Waals surface area (Å²) in [4.78, 5) is 3.94. The fraction of sp³-hybridized carbons (Fsp3) is 0.500. The van der Waals surface area contributed by atoms with Gasteiger partial charge in [0.15, 0.2) is 0 Å². The topological polar surface area (TPSA) is 57.7 Å². The van der Waals surface area contributed by atoms with Crippen molar-refractivity contribution < 1.29 is 18.3 Å². The number of aromatic nitrogens is 1. The zero-order valence-corrected chi connectivity index (χ0v) is 10.6. The van der Waals surface area contributed by atoms with Crippen LogP contribution >= 0.6 is 7.60 Å². The summed E-state index contributed by atoms with van der Waals surface area (Å²) in [7, 11) is -1.73. The van der Waals surface area contributed by atoms with Gasteiger partial charge in [0.05, 0.1) is 25.6 Å². The maximum absolute atomic E-state index is 12.4. The molecule has 0 atom stereocenters. The first-order valence-corrected chi connectivity index (χ1v) is 6.60. The van der Waals surface area contributed by atoms with Gasteiger partial charge in [-0.2, -0.15) is 0 Å². The number of ether oxygens (including phenoxy) is 1. The van der Waals surface area contributed by atoms with Crippen molar-refractivity contribution in [3.63, 3.8) is 0 Å². The van der Waals surface area contributed by atoms with Crippen LogP contribution in [-0.4, -0.2) is 25.3 Å². The number of hydrogen-bond donors (Lipinski definition) is 0. The number of nitrogens with zero attached hydrogens (tertiary/aromatic N) is 1. The van der Waals surface area contributed by atoms with Crippen molar-refractivity contribution in [2.75, 3.05) is 20.3 Å². The zero-order chi connectivity index (χ0) is 12.0. The average Bonchev–Trinajstić information content (AvgIpc) is 2.30. The van der Waals surface area contributed by atoms with Crippen LogP contribution in [0.1, 0.15) is 13.8 Å². The molecule has 16 heavy (non-hydrogen) atoms. The van der Waals surface area contributed by atoms with Gasteiger partial charge in [-0.3, -0.25) is 4.57 Å². The van der Waals surface area contributed by atoms with Crippen molar-refractivity contribution in [2.45, 2.75) is 13.8 Å². The molecule has 1 aromatic rings. The van der Waals surface area contributed by atoms with E-state index in [0.29, 0.717) is 24.4 Å². The maximum atomic E-state index is 12.4. The largest absolute Gasteiger partial charge is 0.481 e. The summed E-state index contributed by atoms with van der Waals surface area (Å²) in [6.07, 6.45) is 1.51. The lowest BCUT2D eigenvalue weighted by atomic mass is 10.5. The molecule has 0 aliphatic carbocycles. The Morgan fingerprint density at radius 1 is 1.31 bits per heavy atom. The lowest BCUT2D eigenvalue weighted by Gasteiger charge is -2.17. The Morgan fingerprint density at radius 3 is 2.44 bits per heavy atom. The van der Waals surface area contributed by atoms with Crippen molar-refractivity contribution in [3.8, 4) is 5.88 Å². The molecule has 0 saturated heterocycles. The van der Waals surface area contributed by atoms with Gasteiger partial charge in [-0.1, -0.05) is 0 Å². The Bertz CT molecular complexity index is 373. The Labute approximate surface area is 95.3 Å². The van der Waals surface area contributed by atoms with Crippen molar-refractivity contribution in [3.05, 3.63) is 18.3 Å². The minimum absolute atomic E-state index is 0.321. The van der Waals surface area contributed by atoms with E-state index in [1.54, 1.807) is 26.0 Å². The van der Waals surface area contributed by atoms with Crippen LogP contribution in [-0.2, 0) is 13.6 Å². The normalized spacial score (nSPS) is 11.4. The number of methoxy groups -OCH3 is 1. The molecule has 0 N–H and O–H groups in total. The average molecular weight is 245 g/mol. The van der Waals surface area contributed by atoms with E-state index in [-0.39, 0.29) is 0 Å². The van der Waals surface area contributed by atoms with Crippen LogP contribution in [0, 0.1) is 0 Å². The van der Waals surface area contributed by atoms with Crippen LogP contribution in [0.25, 0.3) is 0 Å². The molecular weight excluding hydrogens is 229 g/mol. The van der Waals surface area contributed by atoms with Crippen molar-refractivity contribution in [1.29, 1.82) is 0 Å². The molecule has 0 aromatic carbocycles. The van der Waals surface area contributed by atoms with Gasteiger partial charge in [0.1, 0.15) is 0 Å². The van der Waals surface area contributed by atoms with Crippen LogP contribution in [0.2, 0.25) is 0 Å². The summed E-state index contributed by atoms with van der Waals surface area (Å²) in [5.74, 6) is 0.386. The number of pyridine rings is 1. The van der Waals surface area contributed by atoms with Gasteiger partial charge in [-0.25, -0.2) is 4.98 Å². The lowest BCUT2D eigenvalue weighted by Crippen LogP contribution is -2.11. The van der Waals surface area contributed by atoms with E-state index < -0.39 is 7.60 Å². The predicted octanol–water partition coefficient (Wildman–Crippen LogP) is 1.98. The fourth-order valence-corrected chi connectivity index (χ4v) is 2.78. The highest BCUT2D eigenvalue weighted by Gasteiger charge is 2.27. The van der Waals surface area contributed by atoms with E-state index in [1.165, 1.54) is 13.3 Å². The lowest BCUT2D eigenvalue weighted by molar-refractivity contribution is 0.229. The van der Waals surface area contributed by atoms with Crippen LogP contribution in [0.3, 0.4) is 0 Å². The second-order valence-corrected chi connectivity index (χ2v) is 4.92. The highest BCUT2D eigenvalue weighted by molar-refractivity contribution is 7.62. The minimum atomic E-state index is -3.23. The van der Waals surface area contributed by atoms with Crippen LogP contribution in [0.5, 0.6) is 5.88 Å². The standard InChI is InChI=1S/C10H16NO4P/c1-4-14-16(12,15-5-2)9-6-7-11-10(8-9)13-3/h6-8H,4-5H2,1-3H3. The Kier molecular flexibility index (Phi) is 4.93. The fourth-order valence-electron chi connectivity index (χ4n) is 1.21. The van der Waals surface area contributed by atoms with Crippen LogP contribution in [0.15, 0.2) is 18.3 Å². The summed E-state index contributed by atoms with van der Waals surface area (Å²) < 4.78 is 27.7. The highest BCUT2D eigenvalue weighted by Crippen LogP contribution is 2.46. The van der Waals surface area contributed by atoms with Gasteiger partial charge in [0.25, 0.3) is 0 Å². The van der Waals surface area contributed by atoms with Crippen LogP contribution < -0.4 is 10.0 Å². The molecule has 1 aromatic heterocycles. The Morgan fingerprint density at radius 2 is 1.94 bits per heavy atom. The molecular formula is C10H16NO4P. The molecule has 1 heterocycles. The van der Waals surface area contributed by atoms with Crippen molar-refractivity contribution >= 4 is 12.9 Å². The quantitative estimate of drug-likeness (QED) is 0.717. The molecule has 0 aliphatic rings. The maximum Gasteiger partial charge on any atom is 0.361 e. The van der Waals surface area contributed by atoms with Crippen molar-refractivity contribution in [1.82, 2.24) is 4.98 Å². The smallest absolute Gasteiger partial charge is 0.361 e. The first-order chi connectivity index (χ1) is 7.66. The molecule has 0 saturated carbocycles. The molecule has 0 spiro atoms. The molecule has 0 amide bonds. The summed E-state index contributed by atoms with van der Waals surface area (Å²) in [5.41, 5.74) is 0. The van der Waals surface area contributed by atoms with Gasteiger partial charge < -0.3 is 13.8 Å². The molecule has 6 heteroatoms. The first kappa shape index (κ1) is 13.2. The van der Waals surface area contributed by atoms with Gasteiger partial charge in [0.2, 0.25) is 5.88 Å². The predicted molar refractivity (Wildman–Crippen MR) is 61.3 cm³/mol. The second kappa shape index (κ2) is 5.99. The Balaban J connectivity index is 3.05. The van der Waals surface area contributed by atoms with E-state index in [0.717, 1.165) is 0 Å². The molecule has 1 rings (SSSR count). The van der Waals surface area contributed by atoms with E-state index in [1.807, 2.05) is 0 Å². The summed E-state index contributed by atoms with van der Waals surface area (Å²) in [5, 5.41) is 0.461. The Hall–Kier alpha value is -0.900. The summed E-state index contributed by atoms with van der Waals surface area (Å²) >= 11 is 0. The van der Waals surface area contributed by atoms with Gasteiger partial charge in [-0.15, -0.1) is 0 Å². The minimum Gasteiger partial charge on any atom is -0.481 e. The van der Waals surface area contributed by atoms with E-state index in [9.17, 15) is 4.57 Å². The monoisotopic (exact) mass is 245 g/mol. The summed E-state index contributed by atoms with van der Waals surface area (Å²) in [6, 6.07) is 3.17. The third-order valence-electron chi connectivity index (χ3n) is 1.84. The van der Waals surface area contributed by atoms with E-state index in [4.69, 9.17) is 13.8 Å². The molecule has 90 valence electrons. The van der Waals surface area contributed by atoms with Gasteiger partial charge in [0, 0.05) is 12.3 Å². The molecule has 0 aliphatic heterocycles. The van der Waals surface area contributed by atoms with Gasteiger partial charge >= 0.3 is 7.60 Å². The summed E-state index contributed by atoms with van der Waals surface area (Å²) in [6.45, 7) is 4.18. The second-order valence-electron chi connectivity index (χ2n) is 2.89. The van der Waals surface area contributed by atoms with E-state index in [2.05, 4.69) is 4.98 Å². The molecule has 5 nitrogen and oxygen atoms in total. The van der Waals surface area contributed by atoms with E-state index >= 15 is 0 Å². The van der Waals surface area contributed by atoms with Crippen molar-refractivity contribution in [2.24, 2.45) is 0 Å². The number of hydrogen-bond acceptors (Lipinski definition) is 5. The molecule has 0 bridgehead atoms. The molecule has 0 unspecified atom stereocenters. The first-order valence-electron chi connectivity index (χ1n) is 5.06.